The molecule has 0 aliphatic carbocycles. The second-order valence-corrected chi connectivity index (χ2v) is 6.73. The van der Waals surface area contributed by atoms with Gasteiger partial charge in [-0.1, -0.05) is 39.8 Å². The van der Waals surface area contributed by atoms with E-state index in [9.17, 15) is 10.1 Å². The quantitative estimate of drug-likeness (QED) is 0.612. The molecule has 5 nitrogen and oxygen atoms in total. The number of hydrogen-bond donors (Lipinski definition) is 1. The van der Waals surface area contributed by atoms with Crippen molar-refractivity contribution in [3.63, 3.8) is 0 Å². The number of nitro benzene ring substituents is 1. The molecule has 0 amide bonds. The van der Waals surface area contributed by atoms with Gasteiger partial charge >= 0.3 is 0 Å². The smallest absolute Gasteiger partial charge is 0.292 e. The molecule has 118 valence electrons. The Balaban J connectivity index is 2.99. The van der Waals surface area contributed by atoms with Crippen molar-refractivity contribution in [2.45, 2.75) is 40.7 Å². The molecule has 0 unspecified atom stereocenters. The molecule has 1 aromatic carbocycles. The second-order valence-electron chi connectivity index (χ2n) is 6.73. The Kier molecular flexibility index (Phi) is 6.15. The normalized spacial score (nSPS) is 11.7. The van der Waals surface area contributed by atoms with E-state index in [4.69, 9.17) is 0 Å². The number of nitrogens with zero attached hydrogens (tertiary/aromatic N) is 2. The van der Waals surface area contributed by atoms with E-state index < -0.39 is 0 Å². The summed E-state index contributed by atoms with van der Waals surface area (Å²) in [5.74, 6) is 0. The zero-order chi connectivity index (χ0) is 16.0. The average molecular weight is 293 g/mol. The Morgan fingerprint density at radius 3 is 2.52 bits per heavy atom. The summed E-state index contributed by atoms with van der Waals surface area (Å²) in [5.41, 5.74) is 1.99. The topological polar surface area (TPSA) is 58.4 Å². The first kappa shape index (κ1) is 17.4. The van der Waals surface area contributed by atoms with E-state index in [2.05, 4.69) is 31.0 Å². The third kappa shape index (κ3) is 5.71. The number of benzene rings is 1. The van der Waals surface area contributed by atoms with Crippen molar-refractivity contribution < 1.29 is 4.92 Å². The largest absolute Gasteiger partial charge is 0.379 e. The minimum Gasteiger partial charge on any atom is -0.379 e. The van der Waals surface area contributed by atoms with Gasteiger partial charge in [-0.25, -0.2) is 0 Å². The molecule has 0 spiro atoms. The van der Waals surface area contributed by atoms with Crippen molar-refractivity contribution in [2.24, 2.45) is 5.41 Å². The van der Waals surface area contributed by atoms with Crippen LogP contribution >= 0.6 is 0 Å². The lowest BCUT2D eigenvalue weighted by molar-refractivity contribution is -0.384. The monoisotopic (exact) mass is 293 g/mol. The number of nitro groups is 1. The van der Waals surface area contributed by atoms with E-state index >= 15 is 0 Å². The minimum absolute atomic E-state index is 0.158. The lowest BCUT2D eigenvalue weighted by Crippen LogP contribution is -2.29. The maximum atomic E-state index is 11.2. The Morgan fingerprint density at radius 2 is 2.00 bits per heavy atom. The van der Waals surface area contributed by atoms with E-state index in [1.807, 2.05) is 20.0 Å². The van der Waals surface area contributed by atoms with Crippen LogP contribution in [-0.4, -0.2) is 30.0 Å². The van der Waals surface area contributed by atoms with Gasteiger partial charge in [0.1, 0.15) is 5.69 Å². The van der Waals surface area contributed by atoms with Crippen molar-refractivity contribution in [2.75, 3.05) is 25.5 Å². The molecule has 21 heavy (non-hydrogen) atoms. The predicted molar refractivity (Wildman–Crippen MR) is 87.7 cm³/mol. The highest BCUT2D eigenvalue weighted by atomic mass is 16.6. The maximum absolute atomic E-state index is 11.2. The number of anilines is 1. The standard InChI is InChI=1S/C16H27N3O2/c1-6-10-17-15-13(8-7-9-14(15)19(20)21)11-18(5)12-16(2,3)4/h7-9,17H,6,10-12H2,1-5H3. The summed E-state index contributed by atoms with van der Waals surface area (Å²) in [5, 5.41) is 14.4. The maximum Gasteiger partial charge on any atom is 0.292 e. The van der Waals surface area contributed by atoms with Crippen molar-refractivity contribution >= 4 is 11.4 Å². The van der Waals surface area contributed by atoms with Crippen molar-refractivity contribution in [3.05, 3.63) is 33.9 Å². The summed E-state index contributed by atoms with van der Waals surface area (Å²) in [7, 11) is 2.05. The van der Waals surface area contributed by atoms with Crippen LogP contribution in [0.4, 0.5) is 11.4 Å². The van der Waals surface area contributed by atoms with Crippen LogP contribution in [-0.2, 0) is 6.54 Å². The molecule has 1 rings (SSSR count). The van der Waals surface area contributed by atoms with E-state index in [-0.39, 0.29) is 16.0 Å². The third-order valence-corrected chi connectivity index (χ3v) is 3.06. The highest BCUT2D eigenvalue weighted by Crippen LogP contribution is 2.29. The Morgan fingerprint density at radius 1 is 1.33 bits per heavy atom. The van der Waals surface area contributed by atoms with Crippen molar-refractivity contribution in [1.29, 1.82) is 0 Å². The molecule has 0 aliphatic heterocycles. The molecule has 0 heterocycles. The fraction of sp³-hybridized carbons (Fsp3) is 0.625. The highest BCUT2D eigenvalue weighted by molar-refractivity contribution is 5.66. The molecule has 1 aromatic rings. The Labute approximate surface area is 127 Å². The summed E-state index contributed by atoms with van der Waals surface area (Å²) in [6, 6.07) is 5.28. The molecule has 5 heteroatoms. The molecule has 0 aliphatic rings. The van der Waals surface area contributed by atoms with Gasteiger partial charge in [0.15, 0.2) is 0 Å². The number of hydrogen-bond acceptors (Lipinski definition) is 4. The first-order valence-electron chi connectivity index (χ1n) is 7.43. The van der Waals surface area contributed by atoms with Crippen LogP contribution in [0, 0.1) is 15.5 Å². The van der Waals surface area contributed by atoms with Crippen molar-refractivity contribution in [1.82, 2.24) is 4.90 Å². The van der Waals surface area contributed by atoms with Crippen LogP contribution in [0.25, 0.3) is 0 Å². The fourth-order valence-electron chi connectivity index (χ4n) is 2.48. The van der Waals surface area contributed by atoms with Gasteiger partial charge in [-0.15, -0.1) is 0 Å². The zero-order valence-corrected chi connectivity index (χ0v) is 13.8. The van der Waals surface area contributed by atoms with Crippen LogP contribution in [0.3, 0.4) is 0 Å². The number of para-hydroxylation sites is 1. The Bertz CT molecular complexity index is 481. The fourth-order valence-corrected chi connectivity index (χ4v) is 2.48. The minimum atomic E-state index is -0.314. The predicted octanol–water partition coefficient (Wildman–Crippen LogP) is 3.89. The SMILES string of the molecule is CCCNc1c(CN(C)CC(C)(C)C)cccc1[N+](=O)[O-]. The molecular formula is C16H27N3O2. The zero-order valence-electron chi connectivity index (χ0n) is 13.8. The highest BCUT2D eigenvalue weighted by Gasteiger charge is 2.19. The molecule has 0 radical (unpaired) electrons. The molecule has 0 fully saturated rings. The van der Waals surface area contributed by atoms with Gasteiger partial charge in [-0.05, 0) is 24.4 Å². The van der Waals surface area contributed by atoms with E-state index in [0.717, 1.165) is 25.1 Å². The van der Waals surface area contributed by atoms with Gasteiger partial charge in [-0.3, -0.25) is 10.1 Å². The first-order chi connectivity index (χ1) is 9.74. The third-order valence-electron chi connectivity index (χ3n) is 3.06. The van der Waals surface area contributed by atoms with Crippen LogP contribution < -0.4 is 5.32 Å². The van der Waals surface area contributed by atoms with E-state index in [0.29, 0.717) is 12.2 Å². The number of rotatable bonds is 7. The van der Waals surface area contributed by atoms with Gasteiger partial charge < -0.3 is 10.2 Å². The Hall–Kier alpha value is -1.62. The summed E-state index contributed by atoms with van der Waals surface area (Å²) in [6.07, 6.45) is 0.934. The molecule has 1 N–H and O–H groups in total. The van der Waals surface area contributed by atoms with Crippen LogP contribution in [0.15, 0.2) is 18.2 Å². The van der Waals surface area contributed by atoms with Gasteiger partial charge in [0.05, 0.1) is 4.92 Å². The van der Waals surface area contributed by atoms with E-state index in [1.54, 1.807) is 12.1 Å². The van der Waals surface area contributed by atoms with Gasteiger partial charge in [0, 0.05) is 25.7 Å². The van der Waals surface area contributed by atoms with Crippen molar-refractivity contribution in [3.8, 4) is 0 Å². The lowest BCUT2D eigenvalue weighted by atomic mass is 9.96. The number of nitrogens with one attached hydrogen (secondary N) is 1. The summed E-state index contributed by atoms with van der Waals surface area (Å²) >= 11 is 0. The van der Waals surface area contributed by atoms with Gasteiger partial charge in [-0.2, -0.15) is 0 Å². The lowest BCUT2D eigenvalue weighted by Gasteiger charge is -2.27. The van der Waals surface area contributed by atoms with Crippen LogP contribution in [0.5, 0.6) is 0 Å². The second kappa shape index (κ2) is 7.41. The average Bonchev–Trinajstić information content (AvgIpc) is 2.34. The van der Waals surface area contributed by atoms with Gasteiger partial charge in [0.25, 0.3) is 5.69 Å². The molecule has 0 aromatic heterocycles. The molecule has 0 saturated carbocycles. The van der Waals surface area contributed by atoms with Crippen LogP contribution in [0.2, 0.25) is 0 Å². The summed E-state index contributed by atoms with van der Waals surface area (Å²) < 4.78 is 0. The van der Waals surface area contributed by atoms with Gasteiger partial charge in [0.2, 0.25) is 0 Å². The molecule has 0 saturated heterocycles. The molecule has 0 atom stereocenters. The molecular weight excluding hydrogens is 266 g/mol. The van der Waals surface area contributed by atoms with E-state index in [1.165, 1.54) is 0 Å². The van der Waals surface area contributed by atoms with Crippen LogP contribution in [0.1, 0.15) is 39.7 Å². The summed E-state index contributed by atoms with van der Waals surface area (Å²) in [6.45, 7) is 11.0. The molecule has 0 bridgehead atoms. The first-order valence-corrected chi connectivity index (χ1v) is 7.43. The summed E-state index contributed by atoms with van der Waals surface area (Å²) in [4.78, 5) is 13.1.